The smallest absolute Gasteiger partial charge is 0.274 e. The van der Waals surface area contributed by atoms with Crippen molar-refractivity contribution >= 4 is 17.5 Å². The second kappa shape index (κ2) is 8.13. The molecule has 0 bridgehead atoms. The molecule has 2 amide bonds. The zero-order valence-electron chi connectivity index (χ0n) is 16.1. The van der Waals surface area contributed by atoms with Crippen LogP contribution in [0.2, 0.25) is 0 Å². The van der Waals surface area contributed by atoms with Crippen LogP contribution >= 0.6 is 0 Å². The fourth-order valence-electron chi connectivity index (χ4n) is 2.69. The summed E-state index contributed by atoms with van der Waals surface area (Å²) in [4.78, 5) is 29.2. The van der Waals surface area contributed by atoms with E-state index in [1.54, 1.807) is 6.07 Å². The van der Waals surface area contributed by atoms with Crippen LogP contribution in [0.25, 0.3) is 0 Å². The standard InChI is InChI=1S/C21H27N3O2/c1-6-14-9-8-10-15(7-2)18(14)23-20(26)17-13-16(11-12-22-17)19(25)24-21(3,4)5/h8-13H,6-7H2,1-5H3,(H,23,26)(H,24,25). The molecule has 5 nitrogen and oxygen atoms in total. The molecule has 2 N–H and O–H groups in total. The van der Waals surface area contributed by atoms with Crippen LogP contribution < -0.4 is 10.6 Å². The predicted octanol–water partition coefficient (Wildman–Crippen LogP) is 3.99. The number of nitrogens with one attached hydrogen (secondary N) is 2. The van der Waals surface area contributed by atoms with Crippen LogP contribution in [-0.2, 0) is 12.8 Å². The van der Waals surface area contributed by atoms with E-state index >= 15 is 0 Å². The highest BCUT2D eigenvalue weighted by Gasteiger charge is 2.18. The van der Waals surface area contributed by atoms with Crippen molar-refractivity contribution in [1.82, 2.24) is 10.3 Å². The molecule has 0 fully saturated rings. The first-order valence-electron chi connectivity index (χ1n) is 8.95. The monoisotopic (exact) mass is 353 g/mol. The third kappa shape index (κ3) is 4.91. The highest BCUT2D eigenvalue weighted by Crippen LogP contribution is 2.23. The number of rotatable bonds is 5. The van der Waals surface area contributed by atoms with Crippen LogP contribution in [0, 0.1) is 0 Å². The molecule has 2 rings (SSSR count). The van der Waals surface area contributed by atoms with Gasteiger partial charge in [0.25, 0.3) is 11.8 Å². The minimum atomic E-state index is -0.348. The molecular weight excluding hydrogens is 326 g/mol. The summed E-state index contributed by atoms with van der Waals surface area (Å²) in [5.41, 5.74) is 3.30. The lowest BCUT2D eigenvalue weighted by molar-refractivity contribution is 0.0919. The number of hydrogen-bond donors (Lipinski definition) is 2. The number of nitrogens with zero attached hydrogens (tertiary/aromatic N) is 1. The number of hydrogen-bond acceptors (Lipinski definition) is 3. The number of aryl methyl sites for hydroxylation is 2. The molecule has 0 atom stereocenters. The van der Waals surface area contributed by atoms with Crippen molar-refractivity contribution < 1.29 is 9.59 Å². The van der Waals surface area contributed by atoms with Gasteiger partial charge in [0.2, 0.25) is 0 Å². The summed E-state index contributed by atoms with van der Waals surface area (Å²) in [7, 11) is 0. The maximum atomic E-state index is 12.7. The van der Waals surface area contributed by atoms with Crippen LogP contribution in [0.4, 0.5) is 5.69 Å². The van der Waals surface area contributed by atoms with Gasteiger partial charge in [-0.2, -0.15) is 0 Å². The third-order valence-corrected chi connectivity index (χ3v) is 3.98. The van der Waals surface area contributed by atoms with E-state index in [9.17, 15) is 9.59 Å². The highest BCUT2D eigenvalue weighted by atomic mass is 16.2. The van der Waals surface area contributed by atoms with Gasteiger partial charge in [-0.05, 0) is 56.9 Å². The normalized spacial score (nSPS) is 11.1. The Kier molecular flexibility index (Phi) is 6.14. The molecular formula is C21H27N3O2. The summed E-state index contributed by atoms with van der Waals surface area (Å²) in [6.07, 6.45) is 3.13. The number of anilines is 1. The maximum absolute atomic E-state index is 12.7. The Hall–Kier alpha value is -2.69. The Morgan fingerprint density at radius 1 is 1.00 bits per heavy atom. The molecule has 0 saturated heterocycles. The van der Waals surface area contributed by atoms with E-state index < -0.39 is 0 Å². The van der Waals surface area contributed by atoms with Gasteiger partial charge in [-0.15, -0.1) is 0 Å². The van der Waals surface area contributed by atoms with Crippen molar-refractivity contribution in [2.45, 2.75) is 53.0 Å². The zero-order valence-corrected chi connectivity index (χ0v) is 16.1. The molecule has 0 unspecified atom stereocenters. The topological polar surface area (TPSA) is 71.1 Å². The summed E-state index contributed by atoms with van der Waals surface area (Å²) in [6, 6.07) is 9.15. The van der Waals surface area contributed by atoms with Crippen LogP contribution in [-0.4, -0.2) is 22.3 Å². The molecule has 0 radical (unpaired) electrons. The molecule has 1 aromatic carbocycles. The van der Waals surface area contributed by atoms with Gasteiger partial charge in [-0.3, -0.25) is 14.6 Å². The van der Waals surface area contributed by atoms with Gasteiger partial charge < -0.3 is 10.6 Å². The van der Waals surface area contributed by atoms with Gasteiger partial charge in [0.05, 0.1) is 0 Å². The van der Waals surface area contributed by atoms with Crippen molar-refractivity contribution in [3.63, 3.8) is 0 Å². The largest absolute Gasteiger partial charge is 0.347 e. The van der Waals surface area contributed by atoms with Gasteiger partial charge >= 0.3 is 0 Å². The maximum Gasteiger partial charge on any atom is 0.274 e. The first-order valence-corrected chi connectivity index (χ1v) is 8.95. The van der Waals surface area contributed by atoms with Gasteiger partial charge in [-0.1, -0.05) is 32.0 Å². The molecule has 2 aromatic rings. The van der Waals surface area contributed by atoms with Gasteiger partial charge in [0, 0.05) is 23.0 Å². The second-order valence-electron chi connectivity index (χ2n) is 7.25. The first kappa shape index (κ1) is 19.6. The van der Waals surface area contributed by atoms with E-state index in [0.29, 0.717) is 5.56 Å². The first-order chi connectivity index (χ1) is 12.2. The minimum Gasteiger partial charge on any atom is -0.347 e. The van der Waals surface area contributed by atoms with E-state index in [1.807, 2.05) is 39.0 Å². The molecule has 5 heteroatoms. The molecule has 1 aromatic heterocycles. The number of pyridine rings is 1. The number of aromatic nitrogens is 1. The third-order valence-electron chi connectivity index (χ3n) is 3.98. The number of carbonyl (C=O) groups is 2. The Morgan fingerprint density at radius 2 is 1.62 bits per heavy atom. The van der Waals surface area contributed by atoms with E-state index in [2.05, 4.69) is 29.5 Å². The lowest BCUT2D eigenvalue weighted by Crippen LogP contribution is -2.40. The average Bonchev–Trinajstić information content (AvgIpc) is 2.60. The van der Waals surface area contributed by atoms with Crippen LogP contribution in [0.3, 0.4) is 0 Å². The number of para-hydroxylation sites is 1. The van der Waals surface area contributed by atoms with Crippen molar-refractivity contribution in [2.75, 3.05) is 5.32 Å². The SMILES string of the molecule is CCc1cccc(CC)c1NC(=O)c1cc(C(=O)NC(C)(C)C)ccn1. The summed E-state index contributed by atoms with van der Waals surface area (Å²) in [5.74, 6) is -0.539. The summed E-state index contributed by atoms with van der Waals surface area (Å²) in [6.45, 7) is 9.84. The van der Waals surface area contributed by atoms with Crippen molar-refractivity contribution in [3.8, 4) is 0 Å². The summed E-state index contributed by atoms with van der Waals surface area (Å²) >= 11 is 0. The molecule has 1 heterocycles. The molecule has 0 spiro atoms. The Morgan fingerprint density at radius 3 is 2.15 bits per heavy atom. The second-order valence-corrected chi connectivity index (χ2v) is 7.25. The lowest BCUT2D eigenvalue weighted by atomic mass is 10.0. The van der Waals surface area contributed by atoms with E-state index in [0.717, 1.165) is 29.7 Å². The van der Waals surface area contributed by atoms with Gasteiger partial charge in [0.15, 0.2) is 0 Å². The van der Waals surface area contributed by atoms with Crippen LogP contribution in [0.5, 0.6) is 0 Å². The molecule has 0 aliphatic carbocycles. The number of amides is 2. The Labute approximate surface area is 155 Å². The minimum absolute atomic E-state index is 0.222. The Bertz CT molecular complexity index is 785. The molecule has 0 saturated carbocycles. The zero-order chi connectivity index (χ0) is 19.3. The number of benzene rings is 1. The fraction of sp³-hybridized carbons (Fsp3) is 0.381. The molecule has 26 heavy (non-hydrogen) atoms. The van der Waals surface area contributed by atoms with Crippen molar-refractivity contribution in [3.05, 3.63) is 58.9 Å². The number of carbonyl (C=O) groups excluding carboxylic acids is 2. The fourth-order valence-corrected chi connectivity index (χ4v) is 2.69. The van der Waals surface area contributed by atoms with E-state index in [4.69, 9.17) is 0 Å². The van der Waals surface area contributed by atoms with E-state index in [-0.39, 0.29) is 23.0 Å². The van der Waals surface area contributed by atoms with Crippen LogP contribution in [0.15, 0.2) is 36.5 Å². The van der Waals surface area contributed by atoms with Gasteiger partial charge in [0.1, 0.15) is 5.69 Å². The quantitative estimate of drug-likeness (QED) is 0.854. The molecule has 0 aliphatic heterocycles. The van der Waals surface area contributed by atoms with Crippen molar-refractivity contribution in [2.24, 2.45) is 0 Å². The highest BCUT2D eigenvalue weighted by molar-refractivity contribution is 6.05. The van der Waals surface area contributed by atoms with Crippen LogP contribution in [0.1, 0.15) is 66.6 Å². The predicted molar refractivity (Wildman–Crippen MR) is 105 cm³/mol. The van der Waals surface area contributed by atoms with Crippen molar-refractivity contribution in [1.29, 1.82) is 0 Å². The lowest BCUT2D eigenvalue weighted by Gasteiger charge is -2.20. The molecule has 138 valence electrons. The van der Waals surface area contributed by atoms with E-state index in [1.165, 1.54) is 12.3 Å². The average molecular weight is 353 g/mol. The summed E-state index contributed by atoms with van der Waals surface area (Å²) in [5, 5.41) is 5.87. The summed E-state index contributed by atoms with van der Waals surface area (Å²) < 4.78 is 0. The Balaban J connectivity index is 2.27. The van der Waals surface area contributed by atoms with Gasteiger partial charge in [-0.25, -0.2) is 0 Å². The molecule has 0 aliphatic rings.